The van der Waals surface area contributed by atoms with Crippen LogP contribution in [0, 0.1) is 109 Å². The second-order valence-electron chi connectivity index (χ2n) is 16.5. The molecule has 4 heteroatoms. The third-order valence-corrected chi connectivity index (χ3v) is 33.1. The summed E-state index contributed by atoms with van der Waals surface area (Å²) >= 11 is 13.1. The molecule has 0 amide bonds. The van der Waals surface area contributed by atoms with E-state index < -0.39 is 0 Å². The molecule has 0 N–H and O–H groups in total. The summed E-state index contributed by atoms with van der Waals surface area (Å²) in [5, 5.41) is 0. The van der Waals surface area contributed by atoms with Crippen LogP contribution >= 0.6 is 90.4 Å². The highest BCUT2D eigenvalue weighted by atomic mass is 127. The Morgan fingerprint density at radius 2 is 1.13 bits per heavy atom. The molecule has 0 aromatic rings. The van der Waals surface area contributed by atoms with Gasteiger partial charge in [-0.15, -0.1) is 0 Å². The van der Waals surface area contributed by atoms with Gasteiger partial charge in [0.1, 0.15) is 0 Å². The van der Waals surface area contributed by atoms with Gasteiger partial charge in [-0.2, -0.15) is 0 Å². The Hall–Kier alpha value is 2.92. The Balaban J connectivity index is 1.08. The van der Waals surface area contributed by atoms with Gasteiger partial charge in [0.15, 0.2) is 0 Å². The van der Waals surface area contributed by atoms with Crippen molar-refractivity contribution in [2.75, 3.05) is 0 Å². The highest BCUT2D eigenvalue weighted by Gasteiger charge is 3.40. The van der Waals surface area contributed by atoms with Crippen molar-refractivity contribution in [2.45, 2.75) is 39.4 Å². The van der Waals surface area contributed by atoms with E-state index in [1.807, 2.05) is 0 Å². The first-order valence-electron chi connectivity index (χ1n) is 13.6. The molecule has 16 aliphatic carbocycles. The first kappa shape index (κ1) is 15.4. The molecule has 0 aromatic heterocycles. The zero-order chi connectivity index (χ0) is 19.3. The topological polar surface area (TPSA) is 0 Å². The minimum absolute atomic E-state index is 0.698. The van der Waals surface area contributed by atoms with Gasteiger partial charge >= 0.3 is 0 Å². The Kier molecular flexibility index (Phi) is 1.40. The van der Waals surface area contributed by atoms with Crippen molar-refractivity contribution in [1.82, 2.24) is 0 Å². The van der Waals surface area contributed by atoms with Crippen LogP contribution in [0.2, 0.25) is 0 Å². The van der Waals surface area contributed by atoms with E-state index >= 15 is 0 Å². The molecule has 156 valence electrons. The molecule has 0 heterocycles. The van der Waals surface area contributed by atoms with Crippen molar-refractivity contribution in [2.24, 2.45) is 109 Å². The molecule has 0 bridgehead atoms. The highest BCUT2D eigenvalue weighted by Crippen LogP contribution is 3.38. The summed E-state index contributed by atoms with van der Waals surface area (Å²) in [7, 11) is 0. The fraction of sp³-hybridized carbons (Fsp3) is 1.00. The predicted molar refractivity (Wildman–Crippen MR) is 144 cm³/mol. The SMILES string of the molecule is IC12C3CC4CC5C6C7C8C9C%10C%11CC%12CC%13C%14C%15(I)C%16(I)C1(I)C7(C62C453)C8%16C9%15C%10%14C%12%11%13. The summed E-state index contributed by atoms with van der Waals surface area (Å²) in [5.41, 5.74) is 6.62. The molecule has 23 unspecified atom stereocenters. The maximum absolute atomic E-state index is 3.29. The van der Waals surface area contributed by atoms with E-state index in [-0.39, 0.29) is 0 Å². The zero-order valence-corrected chi connectivity index (χ0v) is 25.4. The molecular formula is C27H20I4. The molecule has 0 radical (unpaired) electrons. The minimum atomic E-state index is 0.698. The van der Waals surface area contributed by atoms with Crippen LogP contribution in [-0.2, 0) is 0 Å². The largest absolute Gasteiger partial charge is 0.0763 e. The average Bonchev–Trinajstić information content (AvgIpc) is 2.65. The smallest absolute Gasteiger partial charge is 0.0612 e. The van der Waals surface area contributed by atoms with Gasteiger partial charge in [0.25, 0.3) is 0 Å². The lowest BCUT2D eigenvalue weighted by Gasteiger charge is -3.37. The van der Waals surface area contributed by atoms with Gasteiger partial charge in [0.2, 0.25) is 0 Å². The molecule has 0 aromatic carbocycles. The van der Waals surface area contributed by atoms with Crippen molar-refractivity contribution in [1.29, 1.82) is 0 Å². The predicted octanol–water partition coefficient (Wildman–Crippen LogP) is 5.76. The molecule has 16 rings (SSSR count). The van der Waals surface area contributed by atoms with Gasteiger partial charge in [-0.25, -0.2) is 0 Å². The number of halogens is 4. The molecule has 0 aliphatic heterocycles. The first-order chi connectivity index (χ1) is 14.9. The Morgan fingerprint density at radius 1 is 0.516 bits per heavy atom. The number of hydrogen-bond acceptors (Lipinski definition) is 0. The molecule has 0 nitrogen and oxygen atoms in total. The van der Waals surface area contributed by atoms with E-state index in [0.29, 0.717) is 6.84 Å². The molecule has 0 saturated heterocycles. The summed E-state index contributed by atoms with van der Waals surface area (Å²) < 4.78 is 2.88. The maximum Gasteiger partial charge on any atom is 0.0612 e. The van der Waals surface area contributed by atoms with Crippen molar-refractivity contribution in [3.63, 3.8) is 0 Å². The van der Waals surface area contributed by atoms with Crippen LogP contribution in [0.4, 0.5) is 0 Å². The summed E-state index contributed by atoms with van der Waals surface area (Å²) in [4.78, 5) is 0. The van der Waals surface area contributed by atoms with Gasteiger partial charge in [0.05, 0.1) is 6.84 Å². The molecule has 16 fully saturated rings. The van der Waals surface area contributed by atoms with Crippen LogP contribution in [-0.4, -0.2) is 13.7 Å². The Labute approximate surface area is 235 Å². The van der Waals surface area contributed by atoms with Crippen molar-refractivity contribution < 1.29 is 0 Å². The van der Waals surface area contributed by atoms with Crippen molar-refractivity contribution >= 4 is 90.4 Å². The van der Waals surface area contributed by atoms with Crippen LogP contribution in [0.3, 0.4) is 0 Å². The lowest BCUT2D eigenvalue weighted by atomic mass is 8.70. The number of alkyl halides is 4. The van der Waals surface area contributed by atoms with Gasteiger partial charge in [-0.3, -0.25) is 0 Å². The summed E-state index contributed by atoms with van der Waals surface area (Å²) in [6.07, 6.45) is 6.75. The third kappa shape index (κ3) is 0.512. The monoisotopic (exact) mass is 852 g/mol. The normalized spacial score (nSPS) is 113. The van der Waals surface area contributed by atoms with E-state index in [2.05, 4.69) is 90.4 Å². The van der Waals surface area contributed by atoms with E-state index in [1.165, 1.54) is 71.0 Å². The Morgan fingerprint density at radius 3 is 1.90 bits per heavy atom. The van der Waals surface area contributed by atoms with Gasteiger partial charge in [-0.1, -0.05) is 90.4 Å². The van der Waals surface area contributed by atoms with E-state index in [1.54, 1.807) is 25.7 Å². The molecule has 31 heavy (non-hydrogen) atoms. The highest BCUT2D eigenvalue weighted by molar-refractivity contribution is 14.1. The van der Waals surface area contributed by atoms with Crippen LogP contribution in [0.1, 0.15) is 25.7 Å². The second kappa shape index (κ2) is 2.83. The van der Waals surface area contributed by atoms with Crippen LogP contribution in [0.5, 0.6) is 0 Å². The van der Waals surface area contributed by atoms with E-state index in [4.69, 9.17) is 0 Å². The fourth-order valence-electron chi connectivity index (χ4n) is 22.9. The van der Waals surface area contributed by atoms with Crippen LogP contribution in [0.25, 0.3) is 0 Å². The van der Waals surface area contributed by atoms with Crippen LogP contribution < -0.4 is 0 Å². The first-order valence-corrected chi connectivity index (χ1v) is 18.0. The lowest BCUT2D eigenvalue weighted by molar-refractivity contribution is -0.844. The fourth-order valence-corrected chi connectivity index (χ4v) is 35.5. The van der Waals surface area contributed by atoms with Crippen LogP contribution in [0.15, 0.2) is 0 Å². The number of hydrogen-bond donors (Lipinski definition) is 0. The minimum Gasteiger partial charge on any atom is -0.0763 e. The standard InChI is InChI=1S/C27H20I4/c28-24-10-4-6-2-8-12-14-15-13-11-7-1-5-3-9-16-19(11,17(5,7)9)21(13)23(15)22(14,20(12,24)18(6,8)10)26(24,30)27(23,31)25(16,21)29/h5-16H,1-4H2. The van der Waals surface area contributed by atoms with Gasteiger partial charge in [-0.05, 0) is 113 Å². The van der Waals surface area contributed by atoms with E-state index in [0.717, 1.165) is 44.7 Å². The summed E-state index contributed by atoms with van der Waals surface area (Å²) in [5.74, 6) is 14.9. The van der Waals surface area contributed by atoms with Crippen molar-refractivity contribution in [3.8, 4) is 0 Å². The maximum atomic E-state index is 3.29. The quantitative estimate of drug-likeness (QED) is 0.215. The molecule has 7 spiro atoms. The number of rotatable bonds is 0. The summed E-state index contributed by atoms with van der Waals surface area (Å²) in [6.45, 7) is 0. The molecular weight excluding hydrogens is 832 g/mol. The zero-order valence-electron chi connectivity index (χ0n) is 16.8. The average molecular weight is 852 g/mol. The van der Waals surface area contributed by atoms with Gasteiger partial charge in [0, 0.05) is 28.5 Å². The molecule has 23 atom stereocenters. The molecule has 16 saturated carbocycles. The Bertz CT molecular complexity index is 1430. The van der Waals surface area contributed by atoms with E-state index in [9.17, 15) is 0 Å². The number of fused-ring (bicyclic) bond motifs is 12. The lowest BCUT2D eigenvalue weighted by Crippen LogP contribution is -3.41. The second-order valence-corrected chi connectivity index (χ2v) is 23.2. The summed E-state index contributed by atoms with van der Waals surface area (Å²) in [6, 6.07) is 0. The third-order valence-electron chi connectivity index (χ3n) is 20.3. The van der Waals surface area contributed by atoms with Crippen molar-refractivity contribution in [3.05, 3.63) is 0 Å². The van der Waals surface area contributed by atoms with Gasteiger partial charge < -0.3 is 0 Å². The molecule has 16 aliphatic rings.